The molecule has 528 valence electrons. The molecule has 0 spiro atoms. The number of aliphatic hydroxyl groups is 1. The first-order valence-electron chi connectivity index (χ1n) is 36.5. The molecular formula is C70H136O17P2. The Kier molecular flexibility index (Phi) is 60.8. The molecule has 0 saturated carbocycles. The largest absolute Gasteiger partial charge is 0.472 e. The van der Waals surface area contributed by atoms with Crippen LogP contribution in [0.5, 0.6) is 0 Å². The lowest BCUT2D eigenvalue weighted by atomic mass is 10.0. The first-order chi connectivity index (χ1) is 42.9. The van der Waals surface area contributed by atoms with E-state index in [-0.39, 0.29) is 25.7 Å². The fourth-order valence-corrected chi connectivity index (χ4v) is 12.2. The van der Waals surface area contributed by atoms with Crippen LogP contribution in [0, 0.1) is 11.8 Å². The van der Waals surface area contributed by atoms with Crippen molar-refractivity contribution < 1.29 is 80.2 Å². The van der Waals surface area contributed by atoms with Crippen LogP contribution < -0.4 is 0 Å². The summed E-state index contributed by atoms with van der Waals surface area (Å²) in [7, 11) is -9.89. The molecule has 5 atom stereocenters. The van der Waals surface area contributed by atoms with Crippen molar-refractivity contribution in [1.82, 2.24) is 0 Å². The number of unbranched alkanes of at least 4 members (excludes halogenated alkanes) is 39. The lowest BCUT2D eigenvalue weighted by Gasteiger charge is -2.21. The molecule has 89 heavy (non-hydrogen) atoms. The highest BCUT2D eigenvalue weighted by Gasteiger charge is 2.30. The summed E-state index contributed by atoms with van der Waals surface area (Å²) in [6.07, 6.45) is 47.2. The van der Waals surface area contributed by atoms with Crippen LogP contribution in [0.1, 0.15) is 356 Å². The summed E-state index contributed by atoms with van der Waals surface area (Å²) in [5, 5.41) is 10.6. The number of phosphoric ester groups is 2. The summed E-state index contributed by atoms with van der Waals surface area (Å²) in [6.45, 7) is 9.53. The average molecular weight is 1310 g/mol. The first-order valence-corrected chi connectivity index (χ1v) is 39.5. The van der Waals surface area contributed by atoms with Crippen molar-refractivity contribution in [3.8, 4) is 0 Å². The summed E-state index contributed by atoms with van der Waals surface area (Å²) in [6, 6.07) is 0. The minimum Gasteiger partial charge on any atom is -0.462 e. The van der Waals surface area contributed by atoms with Gasteiger partial charge in [0, 0.05) is 25.7 Å². The number of ether oxygens (including phenoxy) is 4. The molecule has 0 aliphatic carbocycles. The molecule has 0 amide bonds. The summed E-state index contributed by atoms with van der Waals surface area (Å²) in [5.74, 6) is -0.561. The Bertz CT molecular complexity index is 1730. The molecule has 0 radical (unpaired) electrons. The van der Waals surface area contributed by atoms with Crippen LogP contribution in [0.4, 0.5) is 0 Å². The van der Waals surface area contributed by atoms with E-state index in [1.807, 2.05) is 0 Å². The van der Waals surface area contributed by atoms with Gasteiger partial charge in [-0.05, 0) is 37.5 Å². The highest BCUT2D eigenvalue weighted by atomic mass is 31.2. The van der Waals surface area contributed by atoms with Crippen LogP contribution in [0.2, 0.25) is 0 Å². The number of carbonyl (C=O) groups is 4. The van der Waals surface area contributed by atoms with E-state index in [4.69, 9.17) is 37.0 Å². The van der Waals surface area contributed by atoms with Gasteiger partial charge < -0.3 is 33.8 Å². The quantitative estimate of drug-likeness (QED) is 0.0222. The zero-order valence-electron chi connectivity index (χ0n) is 57.7. The maximum absolute atomic E-state index is 13.0. The average Bonchev–Trinajstić information content (AvgIpc) is 3.54. The van der Waals surface area contributed by atoms with E-state index < -0.39 is 97.5 Å². The molecule has 19 heteroatoms. The Morgan fingerprint density at radius 1 is 0.303 bits per heavy atom. The molecule has 2 unspecified atom stereocenters. The molecule has 0 heterocycles. The number of hydrogen-bond donors (Lipinski definition) is 3. The van der Waals surface area contributed by atoms with E-state index in [2.05, 4.69) is 41.5 Å². The standard InChI is InChI=1S/C70H136O17P2/c1-7-9-11-13-15-16-22-30-36-42-48-54-69(74)86-65(58-80-67(72)52-46-40-32-14-12-10-8-2)60-84-88(76,77)82-56-64(71)57-83-89(78,79)85-61-66(59-81-68(73)53-47-41-35-29-26-21-24-28-34-39-45-51-63(5)6)87-70(75)55-49-43-37-31-25-20-18-17-19-23-27-33-38-44-50-62(3)4/h62-66,71H,7-61H2,1-6H3,(H,76,77)(H,78,79)/t64-,65+,66+/m0/s1. The minimum atomic E-state index is -4.95. The second-order valence-electron chi connectivity index (χ2n) is 26.2. The smallest absolute Gasteiger partial charge is 0.462 e. The SMILES string of the molecule is CCCCCCCCCCCCCC(=O)O[C@H](COC(=O)CCCCCCCCC)COP(=O)(O)OC[C@H](O)COP(=O)(O)OC[C@@H](COC(=O)CCCCCCCCCCCCCC(C)C)OC(=O)CCCCCCCCCCCCCCCCC(C)C. The molecule has 0 fully saturated rings. The normalized spacial score (nSPS) is 14.1. The van der Waals surface area contributed by atoms with Gasteiger partial charge in [0.25, 0.3) is 0 Å². The molecule has 0 rings (SSSR count). The van der Waals surface area contributed by atoms with Crippen LogP contribution in [0.25, 0.3) is 0 Å². The van der Waals surface area contributed by atoms with Crippen molar-refractivity contribution in [2.24, 2.45) is 11.8 Å². The second-order valence-corrected chi connectivity index (χ2v) is 29.1. The van der Waals surface area contributed by atoms with Crippen molar-refractivity contribution >= 4 is 39.5 Å². The van der Waals surface area contributed by atoms with E-state index >= 15 is 0 Å². The fourth-order valence-electron chi connectivity index (χ4n) is 10.6. The molecule has 0 aliphatic heterocycles. The van der Waals surface area contributed by atoms with Gasteiger partial charge in [-0.2, -0.15) is 0 Å². The Labute approximate surface area is 543 Å². The van der Waals surface area contributed by atoms with Crippen molar-refractivity contribution in [1.29, 1.82) is 0 Å². The minimum absolute atomic E-state index is 0.106. The second kappa shape index (κ2) is 62.2. The van der Waals surface area contributed by atoms with Crippen molar-refractivity contribution in [2.45, 2.75) is 374 Å². The molecule has 0 aromatic carbocycles. The highest BCUT2D eigenvalue weighted by Crippen LogP contribution is 2.45. The predicted molar refractivity (Wildman–Crippen MR) is 358 cm³/mol. The topological polar surface area (TPSA) is 237 Å². The van der Waals surface area contributed by atoms with Crippen LogP contribution in [0.15, 0.2) is 0 Å². The molecule has 0 aliphatic rings. The third kappa shape index (κ3) is 64.6. The van der Waals surface area contributed by atoms with E-state index in [0.717, 1.165) is 115 Å². The maximum atomic E-state index is 13.0. The van der Waals surface area contributed by atoms with E-state index in [9.17, 15) is 43.2 Å². The van der Waals surface area contributed by atoms with Crippen molar-refractivity contribution in [3.05, 3.63) is 0 Å². The summed E-state index contributed by atoms with van der Waals surface area (Å²) < 4.78 is 68.2. The highest BCUT2D eigenvalue weighted by molar-refractivity contribution is 7.47. The third-order valence-corrected chi connectivity index (χ3v) is 18.1. The van der Waals surface area contributed by atoms with Gasteiger partial charge in [0.05, 0.1) is 26.4 Å². The molecule has 0 saturated heterocycles. The summed E-state index contributed by atoms with van der Waals surface area (Å²) in [4.78, 5) is 72.4. The number of phosphoric acid groups is 2. The number of carbonyl (C=O) groups excluding carboxylic acids is 4. The molecule has 17 nitrogen and oxygen atoms in total. The summed E-state index contributed by atoms with van der Waals surface area (Å²) >= 11 is 0. The van der Waals surface area contributed by atoms with Gasteiger partial charge in [-0.15, -0.1) is 0 Å². The fraction of sp³-hybridized carbons (Fsp3) is 0.943. The number of rotatable bonds is 69. The van der Waals surface area contributed by atoms with Crippen molar-refractivity contribution in [3.63, 3.8) is 0 Å². The van der Waals surface area contributed by atoms with Crippen LogP contribution in [-0.4, -0.2) is 96.7 Å². The number of aliphatic hydroxyl groups excluding tert-OH is 1. The van der Waals surface area contributed by atoms with Gasteiger partial charge in [-0.25, -0.2) is 9.13 Å². The van der Waals surface area contributed by atoms with Gasteiger partial charge >= 0.3 is 39.5 Å². The van der Waals surface area contributed by atoms with Gasteiger partial charge in [0.1, 0.15) is 19.3 Å². The Morgan fingerprint density at radius 3 is 0.764 bits per heavy atom. The van der Waals surface area contributed by atoms with Gasteiger partial charge in [-0.1, -0.05) is 305 Å². The monoisotopic (exact) mass is 1310 g/mol. The zero-order valence-corrected chi connectivity index (χ0v) is 59.5. The first kappa shape index (κ1) is 87.1. The molecule has 0 aromatic heterocycles. The molecule has 3 N–H and O–H groups in total. The molecule has 0 bridgehead atoms. The van der Waals surface area contributed by atoms with E-state index in [0.29, 0.717) is 25.7 Å². The maximum Gasteiger partial charge on any atom is 0.472 e. The van der Waals surface area contributed by atoms with Crippen molar-refractivity contribution in [2.75, 3.05) is 39.6 Å². The number of hydrogen-bond acceptors (Lipinski definition) is 15. The van der Waals surface area contributed by atoms with Gasteiger partial charge in [0.15, 0.2) is 12.2 Å². The van der Waals surface area contributed by atoms with Gasteiger partial charge in [-0.3, -0.25) is 37.3 Å². The lowest BCUT2D eigenvalue weighted by Crippen LogP contribution is -2.30. The predicted octanol–water partition coefficient (Wildman–Crippen LogP) is 20.0. The van der Waals surface area contributed by atoms with Gasteiger partial charge in [0.2, 0.25) is 0 Å². The lowest BCUT2D eigenvalue weighted by molar-refractivity contribution is -0.161. The molecular weight excluding hydrogens is 1170 g/mol. The molecule has 0 aromatic rings. The van der Waals surface area contributed by atoms with Crippen LogP contribution in [0.3, 0.4) is 0 Å². The number of esters is 4. The Morgan fingerprint density at radius 2 is 0.517 bits per heavy atom. The Hall–Kier alpha value is -1.94. The van der Waals surface area contributed by atoms with Crippen LogP contribution >= 0.6 is 15.6 Å². The summed E-state index contributed by atoms with van der Waals surface area (Å²) in [5.41, 5.74) is 0. The van der Waals surface area contributed by atoms with E-state index in [1.165, 1.54) is 161 Å². The third-order valence-electron chi connectivity index (χ3n) is 16.2. The Balaban J connectivity index is 5.20. The van der Waals surface area contributed by atoms with Crippen LogP contribution in [-0.2, 0) is 65.4 Å². The zero-order chi connectivity index (χ0) is 65.7. The van der Waals surface area contributed by atoms with E-state index in [1.54, 1.807) is 0 Å².